The zero-order valence-electron chi connectivity index (χ0n) is 31.5. The second kappa shape index (κ2) is 18.0. The van der Waals surface area contributed by atoms with E-state index in [1.54, 1.807) is 0 Å². The topological polar surface area (TPSA) is 356 Å². The molecule has 330 valence electrons. The van der Waals surface area contributed by atoms with Crippen LogP contribution < -0.4 is 4.74 Å². The van der Waals surface area contributed by atoms with Crippen LogP contribution >= 0.6 is 0 Å². The first-order valence-electron chi connectivity index (χ1n) is 18.6. The average Bonchev–Trinajstić information content (AvgIpc) is 3.23. The van der Waals surface area contributed by atoms with Crippen LogP contribution in [-0.4, -0.2) is 178 Å². The highest BCUT2D eigenvalue weighted by Gasteiger charge is 2.52. The van der Waals surface area contributed by atoms with Gasteiger partial charge in [-0.1, -0.05) is 0 Å². The average molecular weight is 864 g/mol. The maximum atomic E-state index is 12.5. The Morgan fingerprint density at radius 2 is 1.31 bits per heavy atom. The highest BCUT2D eigenvalue weighted by molar-refractivity contribution is 5.90. The molecule has 4 heterocycles. The first-order chi connectivity index (χ1) is 29.0. The number of rotatable bonds is 11. The molecule has 13 N–H and O–H groups in total. The molecule has 0 radical (unpaired) electrons. The van der Waals surface area contributed by atoms with E-state index in [0.717, 1.165) is 24.3 Å². The highest BCUT2D eigenvalue weighted by atomic mass is 16.8. The van der Waals surface area contributed by atoms with Crippen LogP contribution in [0.4, 0.5) is 0 Å². The van der Waals surface area contributed by atoms with Gasteiger partial charge >= 0.3 is 17.3 Å². The molecule has 14 atom stereocenters. The fraction of sp³-hybridized carbons (Fsp3) is 0.436. The zero-order chi connectivity index (χ0) is 43.9. The van der Waals surface area contributed by atoms with Crippen LogP contribution in [0.3, 0.4) is 0 Å². The highest BCUT2D eigenvalue weighted by Crippen LogP contribution is 2.43. The third-order valence-electron chi connectivity index (χ3n) is 10.3. The van der Waals surface area contributed by atoms with E-state index in [1.165, 1.54) is 36.4 Å². The summed E-state index contributed by atoms with van der Waals surface area (Å²) >= 11 is 0. The lowest BCUT2D eigenvalue weighted by Gasteiger charge is -2.45. The number of phenolic OH excluding ortho intramolecular Hbond substituents is 5. The van der Waals surface area contributed by atoms with E-state index in [0.29, 0.717) is 0 Å². The van der Waals surface area contributed by atoms with E-state index in [1.807, 2.05) is 0 Å². The van der Waals surface area contributed by atoms with Crippen molar-refractivity contribution in [3.05, 3.63) is 66.2 Å². The number of carbonyl (C=O) groups excluding carboxylic acids is 1. The van der Waals surface area contributed by atoms with Gasteiger partial charge in [0.25, 0.3) is 0 Å². The van der Waals surface area contributed by atoms with Crippen LogP contribution in [-0.2, 0) is 28.4 Å². The summed E-state index contributed by atoms with van der Waals surface area (Å²) in [7, 11) is 0. The molecule has 3 aromatic carbocycles. The minimum Gasteiger partial charge on any atom is -0.508 e. The number of aliphatic hydroxyl groups excluding tert-OH is 8. The number of esters is 1. The number of hydrogen-bond acceptors (Lipinski definition) is 21. The third kappa shape index (κ3) is 9.22. The van der Waals surface area contributed by atoms with Crippen molar-refractivity contribution < 1.29 is 109 Å². The summed E-state index contributed by atoms with van der Waals surface area (Å²) in [6, 6.07) is 11.9. The Balaban J connectivity index is 1.16. The summed E-state index contributed by atoms with van der Waals surface area (Å²) in [4.78, 5) is 12.5. The first-order valence-corrected chi connectivity index (χ1v) is 18.6. The molecule has 3 saturated heterocycles. The summed E-state index contributed by atoms with van der Waals surface area (Å²) < 4.78 is 45.9. The van der Waals surface area contributed by atoms with Gasteiger partial charge in [-0.2, -0.15) is 0 Å². The van der Waals surface area contributed by atoms with Gasteiger partial charge in [-0.25, -0.2) is 9.21 Å². The smallest absolute Gasteiger partial charge is 0.402 e. The number of benzene rings is 3. The van der Waals surface area contributed by atoms with Crippen molar-refractivity contribution in [3.8, 4) is 45.8 Å². The van der Waals surface area contributed by atoms with Gasteiger partial charge < -0.3 is 99.5 Å². The molecule has 3 fully saturated rings. The van der Waals surface area contributed by atoms with Crippen LogP contribution in [0.2, 0.25) is 0 Å². The predicted octanol–water partition coefficient (Wildman–Crippen LogP) is -1.76. The molecular weight excluding hydrogens is 820 g/mol. The Hall–Kier alpha value is -5.18. The Kier molecular flexibility index (Phi) is 13.0. The Labute approximate surface area is 343 Å². The molecule has 0 bridgehead atoms. The van der Waals surface area contributed by atoms with E-state index >= 15 is 0 Å². The van der Waals surface area contributed by atoms with Crippen LogP contribution in [0.5, 0.6) is 34.5 Å². The number of ether oxygens (including phenoxy) is 7. The van der Waals surface area contributed by atoms with E-state index in [4.69, 9.17) is 37.6 Å². The minimum absolute atomic E-state index is 0.0380. The Morgan fingerprint density at radius 3 is 2.03 bits per heavy atom. The van der Waals surface area contributed by atoms with Crippen LogP contribution in [0.15, 0.2) is 65.1 Å². The lowest BCUT2D eigenvalue weighted by molar-refractivity contribution is -0.353. The third-order valence-corrected chi connectivity index (χ3v) is 10.3. The molecule has 22 heteroatoms. The lowest BCUT2D eigenvalue weighted by atomic mass is 9.97. The molecule has 1 aromatic heterocycles. The summed E-state index contributed by atoms with van der Waals surface area (Å²) in [5.41, 5.74) is 0.00149. The van der Waals surface area contributed by atoms with Crippen LogP contribution in [0.25, 0.3) is 22.3 Å². The normalized spacial score (nSPS) is 33.0. The Bertz CT molecular complexity index is 2170. The number of carbonyl (C=O) groups is 1. The molecule has 4 aromatic rings. The molecular formula is C39H43O22+. The van der Waals surface area contributed by atoms with Crippen LogP contribution in [0, 0.1) is 0 Å². The van der Waals surface area contributed by atoms with Crippen molar-refractivity contribution in [1.82, 2.24) is 0 Å². The standard InChI is InChI=1S/C39H42O22/c40-16-4-1-14(2-5-16)36(53)54-12-25-28(47)30(49)33(52)37(59-25)56-13-26-29(48)31(50)35(61-38-32(51)27(46)22(45)11-55-38)39(60-26)58-24-10-18-20(43)8-17(41)9-23(18)57-34(24)15-3-6-19(42)21(44)7-15/h1-10,22,25-33,35,37-39,45-52H,11-13H2,(H4-,40,41,42,43,44,53)/p+1/t22-,25?,26?,27?,28-,29+,30+,31?,32-,33?,35?,37-,38+,39-/m1/s1. The largest absolute Gasteiger partial charge is 0.508 e. The molecule has 3 aliphatic rings. The lowest BCUT2D eigenvalue weighted by Crippen LogP contribution is -2.64. The second-order valence-electron chi connectivity index (χ2n) is 14.5. The molecule has 61 heavy (non-hydrogen) atoms. The van der Waals surface area contributed by atoms with Gasteiger partial charge in [-0.15, -0.1) is 0 Å². The van der Waals surface area contributed by atoms with E-state index in [2.05, 4.69) is 0 Å². The summed E-state index contributed by atoms with van der Waals surface area (Å²) in [6.07, 6.45) is -25.1. The molecule has 7 rings (SSSR count). The second-order valence-corrected chi connectivity index (χ2v) is 14.5. The quantitative estimate of drug-likeness (QED) is 0.0451. The molecule has 22 nitrogen and oxygen atoms in total. The van der Waals surface area contributed by atoms with Gasteiger partial charge in [0.2, 0.25) is 12.0 Å². The maximum Gasteiger partial charge on any atom is 0.402 e. The molecule has 0 spiro atoms. The van der Waals surface area contributed by atoms with Crippen LogP contribution in [0.1, 0.15) is 10.4 Å². The van der Waals surface area contributed by atoms with Crippen molar-refractivity contribution in [3.63, 3.8) is 0 Å². The van der Waals surface area contributed by atoms with Gasteiger partial charge in [-0.05, 0) is 36.4 Å². The molecule has 0 aliphatic carbocycles. The monoisotopic (exact) mass is 863 g/mol. The van der Waals surface area contributed by atoms with Gasteiger partial charge in [-0.3, -0.25) is 0 Å². The van der Waals surface area contributed by atoms with Crippen molar-refractivity contribution >= 4 is 16.9 Å². The SMILES string of the molecule is O=C(OCC1O[C@@H](OCC2O[C@@H](Oc3cc4c(O)cc(O)cc4[o+]c3-c3ccc(O)c(O)c3)C(O[C@@H]3OC[C@@H](O)C(O)[C@H]3O)C(O)[C@H]2O)C(O)[C@@H](O)[C@@H]1O)c1ccc(O)cc1. The molecule has 3 aliphatic heterocycles. The first kappa shape index (κ1) is 43.9. The summed E-state index contributed by atoms with van der Waals surface area (Å²) in [6.45, 7) is -1.93. The fourth-order valence-corrected chi connectivity index (χ4v) is 6.82. The van der Waals surface area contributed by atoms with Crippen molar-refractivity contribution in [2.45, 2.75) is 86.0 Å². The summed E-state index contributed by atoms with van der Waals surface area (Å²) in [5.74, 6) is -3.48. The fourth-order valence-electron chi connectivity index (χ4n) is 6.82. The number of hydrogen-bond donors (Lipinski definition) is 13. The number of phenols is 5. The number of aromatic hydroxyl groups is 5. The summed E-state index contributed by atoms with van der Waals surface area (Å²) in [5, 5.41) is 136. The zero-order valence-corrected chi connectivity index (χ0v) is 31.5. The van der Waals surface area contributed by atoms with Crippen molar-refractivity contribution in [2.24, 2.45) is 0 Å². The molecule has 6 unspecified atom stereocenters. The number of aliphatic hydroxyl groups is 8. The van der Waals surface area contributed by atoms with Gasteiger partial charge in [0.1, 0.15) is 90.3 Å². The Morgan fingerprint density at radius 1 is 0.639 bits per heavy atom. The maximum absolute atomic E-state index is 12.5. The van der Waals surface area contributed by atoms with Crippen molar-refractivity contribution in [2.75, 3.05) is 19.8 Å². The van der Waals surface area contributed by atoms with E-state index in [-0.39, 0.29) is 45.1 Å². The van der Waals surface area contributed by atoms with Gasteiger partial charge in [0.05, 0.1) is 30.4 Å². The van der Waals surface area contributed by atoms with Gasteiger partial charge in [0.15, 0.2) is 30.2 Å². The van der Waals surface area contributed by atoms with E-state index in [9.17, 15) is 71.2 Å². The molecule has 0 saturated carbocycles. The number of fused-ring (bicyclic) bond motifs is 1. The predicted molar refractivity (Wildman–Crippen MR) is 198 cm³/mol. The van der Waals surface area contributed by atoms with E-state index < -0.39 is 129 Å². The van der Waals surface area contributed by atoms with Crippen molar-refractivity contribution in [1.29, 1.82) is 0 Å². The molecule has 0 amide bonds. The van der Waals surface area contributed by atoms with Gasteiger partial charge in [0, 0.05) is 18.2 Å². The minimum atomic E-state index is -2.02.